The van der Waals surface area contributed by atoms with Crippen LogP contribution >= 0.6 is 11.3 Å². The number of ether oxygens (including phenoxy) is 1. The van der Waals surface area contributed by atoms with Crippen molar-refractivity contribution in [1.82, 2.24) is 9.80 Å². The van der Waals surface area contributed by atoms with E-state index < -0.39 is 0 Å². The van der Waals surface area contributed by atoms with Crippen LogP contribution < -0.4 is 0 Å². The van der Waals surface area contributed by atoms with Crippen LogP contribution in [0.25, 0.3) is 0 Å². The van der Waals surface area contributed by atoms with Crippen LogP contribution in [0.15, 0.2) is 47.8 Å². The van der Waals surface area contributed by atoms with Crippen molar-refractivity contribution >= 4 is 17.1 Å². The van der Waals surface area contributed by atoms with E-state index >= 15 is 0 Å². The molecule has 0 bridgehead atoms. The highest BCUT2D eigenvalue weighted by molar-refractivity contribution is 7.12. The van der Waals surface area contributed by atoms with Crippen molar-refractivity contribution in [2.75, 3.05) is 46.4 Å². The fourth-order valence-corrected chi connectivity index (χ4v) is 4.28. The predicted molar refractivity (Wildman–Crippen MR) is 107 cm³/mol. The minimum atomic E-state index is 0.0521. The Morgan fingerprint density at radius 3 is 2.27 bits per heavy atom. The van der Waals surface area contributed by atoms with Crippen LogP contribution in [-0.4, -0.2) is 62.0 Å². The second kappa shape index (κ2) is 9.42. The van der Waals surface area contributed by atoms with Crippen LogP contribution in [0.3, 0.4) is 0 Å². The summed E-state index contributed by atoms with van der Waals surface area (Å²) < 4.78 is 5.70. The molecule has 2 aromatic rings. The third kappa shape index (κ3) is 5.01. The Bertz CT molecular complexity index is 667. The maximum Gasteiger partial charge on any atom is 0.176 e. The number of thiophene rings is 1. The van der Waals surface area contributed by atoms with Crippen molar-refractivity contribution < 1.29 is 9.53 Å². The smallest absolute Gasteiger partial charge is 0.176 e. The summed E-state index contributed by atoms with van der Waals surface area (Å²) in [4.78, 5) is 18.2. The molecule has 0 amide bonds. The Morgan fingerprint density at radius 1 is 1.04 bits per heavy atom. The molecule has 0 saturated carbocycles. The molecule has 0 radical (unpaired) electrons. The second-order valence-corrected chi connectivity index (χ2v) is 7.93. The Hall–Kier alpha value is -1.53. The van der Waals surface area contributed by atoms with Crippen LogP contribution in [0.2, 0.25) is 0 Å². The Balaban J connectivity index is 1.46. The van der Waals surface area contributed by atoms with Crippen LogP contribution in [0.4, 0.5) is 0 Å². The van der Waals surface area contributed by atoms with Crippen molar-refractivity contribution in [2.24, 2.45) is 5.92 Å². The lowest BCUT2D eigenvalue weighted by Gasteiger charge is -2.37. The van der Waals surface area contributed by atoms with Crippen LogP contribution in [0.5, 0.6) is 0 Å². The molecule has 1 aromatic carbocycles. The lowest BCUT2D eigenvalue weighted by molar-refractivity contribution is 0.0392. The van der Waals surface area contributed by atoms with Gasteiger partial charge in [-0.05, 0) is 17.0 Å². The lowest BCUT2D eigenvalue weighted by Crippen LogP contribution is -2.49. The molecular weight excluding hydrogens is 344 g/mol. The molecule has 0 aliphatic carbocycles. The van der Waals surface area contributed by atoms with Gasteiger partial charge in [-0.15, -0.1) is 11.3 Å². The molecule has 2 heterocycles. The number of benzene rings is 1. The summed E-state index contributed by atoms with van der Waals surface area (Å²) in [6, 6.07) is 14.3. The van der Waals surface area contributed by atoms with E-state index in [0.717, 1.165) is 44.1 Å². The topological polar surface area (TPSA) is 32.8 Å². The number of hydrogen-bond donors (Lipinski definition) is 0. The summed E-state index contributed by atoms with van der Waals surface area (Å²) in [5.41, 5.74) is 1.23. The molecule has 1 fully saturated rings. The number of nitrogens with zero attached hydrogens (tertiary/aromatic N) is 2. The average molecular weight is 373 g/mol. The highest BCUT2D eigenvalue weighted by atomic mass is 32.1. The van der Waals surface area contributed by atoms with Gasteiger partial charge in [0, 0.05) is 52.3 Å². The van der Waals surface area contributed by atoms with Gasteiger partial charge in [0.25, 0.3) is 0 Å². The molecule has 2 unspecified atom stereocenters. The summed E-state index contributed by atoms with van der Waals surface area (Å²) in [7, 11) is 1.78. The highest BCUT2D eigenvalue weighted by Gasteiger charge is 2.24. The van der Waals surface area contributed by atoms with E-state index in [-0.39, 0.29) is 17.8 Å². The minimum Gasteiger partial charge on any atom is -0.375 e. The first kappa shape index (κ1) is 19.2. The SMILES string of the molecule is COC(CN1CCN(CC(C)C(=O)c2cccs2)CC1)c1ccccc1. The Morgan fingerprint density at radius 2 is 1.69 bits per heavy atom. The summed E-state index contributed by atoms with van der Waals surface area (Å²) in [6.45, 7) is 7.86. The molecule has 3 rings (SSSR count). The molecule has 2 atom stereocenters. The Labute approximate surface area is 160 Å². The lowest BCUT2D eigenvalue weighted by atomic mass is 10.0. The molecule has 0 N–H and O–H groups in total. The molecule has 4 nitrogen and oxygen atoms in total. The Kier molecular flexibility index (Phi) is 6.97. The number of ketones is 1. The van der Waals surface area contributed by atoms with E-state index in [2.05, 4.69) is 34.1 Å². The van der Waals surface area contributed by atoms with Gasteiger partial charge >= 0.3 is 0 Å². The van der Waals surface area contributed by atoms with Crippen molar-refractivity contribution in [3.63, 3.8) is 0 Å². The number of rotatable bonds is 8. The largest absolute Gasteiger partial charge is 0.375 e. The fourth-order valence-electron chi connectivity index (χ4n) is 3.50. The number of Topliss-reactive ketones (excluding diaryl/α,β-unsaturated/α-hetero) is 1. The summed E-state index contributed by atoms with van der Waals surface area (Å²) >= 11 is 1.54. The standard InChI is InChI=1S/C21H28N2O2S/c1-17(21(24)20-9-6-14-26-20)15-22-10-12-23(13-11-22)16-19(25-2)18-7-4-3-5-8-18/h3-9,14,17,19H,10-13,15-16H2,1-2H3. The minimum absolute atomic E-state index is 0.0521. The van der Waals surface area contributed by atoms with Crippen LogP contribution in [-0.2, 0) is 4.74 Å². The van der Waals surface area contributed by atoms with Gasteiger partial charge in [0.15, 0.2) is 5.78 Å². The molecule has 1 aromatic heterocycles. The van der Waals surface area contributed by atoms with Gasteiger partial charge in [-0.2, -0.15) is 0 Å². The molecule has 1 aliphatic rings. The van der Waals surface area contributed by atoms with E-state index in [9.17, 15) is 4.79 Å². The maximum absolute atomic E-state index is 12.4. The van der Waals surface area contributed by atoms with Gasteiger partial charge < -0.3 is 9.64 Å². The van der Waals surface area contributed by atoms with E-state index in [1.165, 1.54) is 16.9 Å². The quantitative estimate of drug-likeness (QED) is 0.663. The first-order valence-corrected chi connectivity index (χ1v) is 10.2. The third-order valence-electron chi connectivity index (χ3n) is 5.09. The third-order valence-corrected chi connectivity index (χ3v) is 5.97. The van der Waals surface area contributed by atoms with Gasteiger partial charge in [0.2, 0.25) is 0 Å². The van der Waals surface area contributed by atoms with Crippen molar-refractivity contribution in [3.05, 3.63) is 58.3 Å². The molecule has 26 heavy (non-hydrogen) atoms. The number of piperazine rings is 1. The molecule has 1 saturated heterocycles. The molecule has 0 spiro atoms. The monoisotopic (exact) mass is 372 g/mol. The van der Waals surface area contributed by atoms with Gasteiger partial charge in [0.1, 0.15) is 0 Å². The number of carbonyl (C=O) groups excluding carboxylic acids is 1. The van der Waals surface area contributed by atoms with Gasteiger partial charge in [-0.1, -0.05) is 43.3 Å². The first-order valence-electron chi connectivity index (χ1n) is 9.27. The molecule has 140 valence electrons. The number of methoxy groups -OCH3 is 1. The van der Waals surface area contributed by atoms with E-state index in [1.54, 1.807) is 7.11 Å². The zero-order valence-corrected chi connectivity index (χ0v) is 16.5. The number of carbonyl (C=O) groups is 1. The van der Waals surface area contributed by atoms with Gasteiger partial charge in [0.05, 0.1) is 11.0 Å². The molecule has 5 heteroatoms. The first-order chi connectivity index (χ1) is 12.7. The summed E-state index contributed by atoms with van der Waals surface area (Å²) in [6.07, 6.45) is 0.113. The van der Waals surface area contributed by atoms with E-state index in [1.807, 2.05) is 30.5 Å². The maximum atomic E-state index is 12.4. The average Bonchev–Trinajstić information content (AvgIpc) is 3.22. The highest BCUT2D eigenvalue weighted by Crippen LogP contribution is 2.20. The van der Waals surface area contributed by atoms with Crippen molar-refractivity contribution in [1.29, 1.82) is 0 Å². The van der Waals surface area contributed by atoms with Crippen LogP contribution in [0, 0.1) is 5.92 Å². The second-order valence-electron chi connectivity index (χ2n) is 6.98. The van der Waals surface area contributed by atoms with Gasteiger partial charge in [-0.3, -0.25) is 9.69 Å². The van der Waals surface area contributed by atoms with Crippen LogP contribution in [0.1, 0.15) is 28.3 Å². The predicted octanol–water partition coefficient (Wildman–Crippen LogP) is 3.57. The van der Waals surface area contributed by atoms with E-state index in [4.69, 9.17) is 4.74 Å². The van der Waals surface area contributed by atoms with Crippen molar-refractivity contribution in [2.45, 2.75) is 13.0 Å². The molecular formula is C21H28N2O2S. The summed E-state index contributed by atoms with van der Waals surface area (Å²) in [5, 5.41) is 1.97. The zero-order valence-electron chi connectivity index (χ0n) is 15.6. The van der Waals surface area contributed by atoms with E-state index in [0.29, 0.717) is 0 Å². The van der Waals surface area contributed by atoms with Crippen molar-refractivity contribution in [3.8, 4) is 0 Å². The zero-order chi connectivity index (χ0) is 18.4. The number of hydrogen-bond acceptors (Lipinski definition) is 5. The molecule has 1 aliphatic heterocycles. The van der Waals surface area contributed by atoms with Gasteiger partial charge in [-0.25, -0.2) is 0 Å². The summed E-state index contributed by atoms with van der Waals surface area (Å²) in [5.74, 6) is 0.321. The fraction of sp³-hybridized carbons (Fsp3) is 0.476. The normalized spacial score (nSPS) is 18.5.